The third-order valence-corrected chi connectivity index (χ3v) is 5.04. The zero-order valence-corrected chi connectivity index (χ0v) is 16.5. The SMILES string of the molecule is COC(=O)[C@H](C)Sc1nnc(Cc2cc(=O)[nH]c(=O)[nH]2)n1-c1ccc(Cl)cc1. The molecule has 146 valence electrons. The molecule has 0 unspecified atom stereocenters. The van der Waals surface area contributed by atoms with Crippen LogP contribution in [-0.2, 0) is 16.0 Å². The maximum atomic E-state index is 11.8. The molecular formula is C17H16ClN5O4S. The van der Waals surface area contributed by atoms with E-state index in [9.17, 15) is 14.4 Å². The Morgan fingerprint density at radius 2 is 1.96 bits per heavy atom. The molecule has 0 saturated carbocycles. The summed E-state index contributed by atoms with van der Waals surface area (Å²) in [6, 6.07) is 8.28. The Balaban J connectivity index is 2.04. The summed E-state index contributed by atoms with van der Waals surface area (Å²) in [4.78, 5) is 39.6. The molecular weight excluding hydrogens is 406 g/mol. The maximum Gasteiger partial charge on any atom is 0.325 e. The number of rotatable bonds is 6. The van der Waals surface area contributed by atoms with Crippen molar-refractivity contribution in [3.8, 4) is 5.69 Å². The van der Waals surface area contributed by atoms with E-state index in [0.717, 1.165) is 5.69 Å². The van der Waals surface area contributed by atoms with Crippen molar-refractivity contribution in [1.82, 2.24) is 24.7 Å². The van der Waals surface area contributed by atoms with E-state index in [-0.39, 0.29) is 6.42 Å². The molecule has 0 radical (unpaired) electrons. The van der Waals surface area contributed by atoms with Crippen molar-refractivity contribution in [2.45, 2.75) is 23.8 Å². The first kappa shape index (κ1) is 19.9. The highest BCUT2D eigenvalue weighted by atomic mass is 35.5. The molecule has 2 N–H and O–H groups in total. The molecule has 0 aliphatic carbocycles. The number of nitrogens with zero attached hydrogens (tertiary/aromatic N) is 3. The summed E-state index contributed by atoms with van der Waals surface area (Å²) in [6.07, 6.45) is 0.155. The van der Waals surface area contributed by atoms with Gasteiger partial charge in [-0.3, -0.25) is 19.1 Å². The van der Waals surface area contributed by atoms with Crippen molar-refractivity contribution in [3.63, 3.8) is 0 Å². The number of hydrogen-bond acceptors (Lipinski definition) is 7. The van der Waals surface area contributed by atoms with Gasteiger partial charge in [0.2, 0.25) is 0 Å². The lowest BCUT2D eigenvalue weighted by atomic mass is 10.2. The van der Waals surface area contributed by atoms with E-state index < -0.39 is 22.5 Å². The number of H-pyrrole nitrogens is 2. The first-order valence-corrected chi connectivity index (χ1v) is 9.40. The van der Waals surface area contributed by atoms with Crippen molar-refractivity contribution in [2.75, 3.05) is 7.11 Å². The van der Waals surface area contributed by atoms with Crippen molar-refractivity contribution < 1.29 is 9.53 Å². The molecule has 0 fully saturated rings. The largest absolute Gasteiger partial charge is 0.468 e. The predicted octanol–water partition coefficient (Wildman–Crippen LogP) is 1.54. The van der Waals surface area contributed by atoms with Gasteiger partial charge in [0, 0.05) is 28.9 Å². The molecule has 2 aromatic heterocycles. The molecule has 0 aliphatic heterocycles. The predicted molar refractivity (Wildman–Crippen MR) is 104 cm³/mol. The molecule has 9 nitrogen and oxygen atoms in total. The summed E-state index contributed by atoms with van der Waals surface area (Å²) in [5, 5.41) is 8.87. The minimum Gasteiger partial charge on any atom is -0.468 e. The number of hydrogen-bond donors (Lipinski definition) is 2. The highest BCUT2D eigenvalue weighted by molar-refractivity contribution is 8.00. The number of aromatic amines is 2. The van der Waals surface area contributed by atoms with Gasteiger partial charge in [-0.25, -0.2) is 4.79 Å². The van der Waals surface area contributed by atoms with E-state index in [1.54, 1.807) is 35.8 Å². The summed E-state index contributed by atoms with van der Waals surface area (Å²) < 4.78 is 6.50. The second-order valence-electron chi connectivity index (χ2n) is 5.78. The highest BCUT2D eigenvalue weighted by Gasteiger charge is 2.22. The highest BCUT2D eigenvalue weighted by Crippen LogP contribution is 2.27. The second-order valence-corrected chi connectivity index (χ2v) is 7.53. The third kappa shape index (κ3) is 4.52. The number of benzene rings is 1. The number of aromatic nitrogens is 5. The van der Waals surface area contributed by atoms with Crippen molar-refractivity contribution in [1.29, 1.82) is 0 Å². The number of carbonyl (C=O) groups is 1. The summed E-state index contributed by atoms with van der Waals surface area (Å²) in [6.45, 7) is 1.70. The Kier molecular flexibility index (Phi) is 6.00. The number of esters is 1. The Morgan fingerprint density at radius 1 is 1.25 bits per heavy atom. The fourth-order valence-corrected chi connectivity index (χ4v) is 3.54. The Morgan fingerprint density at radius 3 is 2.61 bits per heavy atom. The van der Waals surface area contributed by atoms with Crippen molar-refractivity contribution in [3.05, 3.63) is 67.7 Å². The van der Waals surface area contributed by atoms with Gasteiger partial charge in [0.15, 0.2) is 5.16 Å². The molecule has 0 amide bonds. The van der Waals surface area contributed by atoms with Crippen LogP contribution < -0.4 is 11.2 Å². The van der Waals surface area contributed by atoms with Crippen molar-refractivity contribution in [2.24, 2.45) is 0 Å². The first-order chi connectivity index (χ1) is 13.4. The molecule has 1 aromatic carbocycles. The van der Waals surface area contributed by atoms with Gasteiger partial charge >= 0.3 is 11.7 Å². The number of nitrogens with one attached hydrogen (secondary N) is 2. The number of ether oxygens (including phenoxy) is 1. The van der Waals surface area contributed by atoms with Crippen LogP contribution in [0.2, 0.25) is 5.02 Å². The van der Waals surface area contributed by atoms with Crippen LogP contribution in [0.3, 0.4) is 0 Å². The van der Waals surface area contributed by atoms with E-state index in [0.29, 0.717) is 21.7 Å². The quantitative estimate of drug-likeness (QED) is 0.457. The van der Waals surface area contributed by atoms with E-state index in [1.165, 1.54) is 24.9 Å². The number of thioether (sulfide) groups is 1. The van der Waals surface area contributed by atoms with Gasteiger partial charge < -0.3 is 9.72 Å². The molecule has 0 spiro atoms. The first-order valence-electron chi connectivity index (χ1n) is 8.14. The van der Waals surface area contributed by atoms with Crippen molar-refractivity contribution >= 4 is 29.3 Å². The second kappa shape index (κ2) is 8.44. The number of halogens is 1. The Hall–Kier alpha value is -2.85. The van der Waals surface area contributed by atoms with Gasteiger partial charge in [-0.05, 0) is 31.2 Å². The average Bonchev–Trinajstić information content (AvgIpc) is 3.02. The zero-order valence-electron chi connectivity index (χ0n) is 14.9. The molecule has 0 saturated heterocycles. The number of methoxy groups -OCH3 is 1. The molecule has 0 aliphatic rings. The summed E-state index contributed by atoms with van der Waals surface area (Å²) in [5.41, 5.74) is -0.00993. The molecule has 1 atom stereocenters. The van der Waals surface area contributed by atoms with Crippen LogP contribution in [0.25, 0.3) is 5.69 Å². The molecule has 2 heterocycles. The van der Waals surface area contributed by atoms with E-state index in [1.807, 2.05) is 0 Å². The lowest BCUT2D eigenvalue weighted by Crippen LogP contribution is -2.23. The molecule has 3 aromatic rings. The lowest BCUT2D eigenvalue weighted by Gasteiger charge is -2.12. The standard InChI is InChI=1S/C17H16ClN5O4S/c1-9(15(25)27-2)28-17-22-21-13(7-11-8-14(24)20-16(26)19-11)23(17)12-5-3-10(18)4-6-12/h3-6,8-9H,7H2,1-2H3,(H2,19,20,24,26)/t9-/m0/s1. The lowest BCUT2D eigenvalue weighted by molar-refractivity contribution is -0.139. The Bertz CT molecular complexity index is 1080. The maximum absolute atomic E-state index is 11.8. The fraction of sp³-hybridized carbons (Fsp3) is 0.235. The number of carbonyl (C=O) groups excluding carboxylic acids is 1. The molecule has 3 rings (SSSR count). The van der Waals surface area contributed by atoms with Gasteiger partial charge in [-0.15, -0.1) is 10.2 Å². The summed E-state index contributed by atoms with van der Waals surface area (Å²) in [7, 11) is 1.32. The normalized spacial score (nSPS) is 12.0. The van der Waals surface area contributed by atoms with E-state index in [4.69, 9.17) is 16.3 Å². The van der Waals surface area contributed by atoms with Gasteiger partial charge in [-0.2, -0.15) is 0 Å². The Labute approximate surface area is 168 Å². The minimum absolute atomic E-state index is 0.155. The fourth-order valence-electron chi connectivity index (χ4n) is 2.50. The van der Waals surface area contributed by atoms with Crippen LogP contribution >= 0.6 is 23.4 Å². The summed E-state index contributed by atoms with van der Waals surface area (Å²) in [5.74, 6) is 0.0827. The van der Waals surface area contributed by atoms with Crippen LogP contribution in [-0.4, -0.2) is 43.1 Å². The monoisotopic (exact) mass is 421 g/mol. The smallest absolute Gasteiger partial charge is 0.325 e. The van der Waals surface area contributed by atoms with Gasteiger partial charge in [0.05, 0.1) is 7.11 Å². The van der Waals surface area contributed by atoms with Crippen LogP contribution in [0.4, 0.5) is 0 Å². The van der Waals surface area contributed by atoms with E-state index >= 15 is 0 Å². The average molecular weight is 422 g/mol. The zero-order chi connectivity index (χ0) is 20.3. The van der Waals surface area contributed by atoms with Crippen LogP contribution in [0, 0.1) is 0 Å². The van der Waals surface area contributed by atoms with E-state index in [2.05, 4.69) is 20.2 Å². The third-order valence-electron chi connectivity index (χ3n) is 3.77. The topological polar surface area (TPSA) is 123 Å². The van der Waals surface area contributed by atoms with Gasteiger partial charge in [0.25, 0.3) is 5.56 Å². The van der Waals surface area contributed by atoms with Crippen LogP contribution in [0.5, 0.6) is 0 Å². The van der Waals surface area contributed by atoms with Gasteiger partial charge in [0.1, 0.15) is 11.1 Å². The van der Waals surface area contributed by atoms with Crippen LogP contribution in [0.15, 0.2) is 45.1 Å². The van der Waals surface area contributed by atoms with Crippen LogP contribution in [0.1, 0.15) is 18.4 Å². The minimum atomic E-state index is -0.603. The van der Waals surface area contributed by atoms with Gasteiger partial charge in [-0.1, -0.05) is 23.4 Å². The molecule has 28 heavy (non-hydrogen) atoms. The molecule has 0 bridgehead atoms. The molecule has 11 heteroatoms. The summed E-state index contributed by atoms with van der Waals surface area (Å²) >= 11 is 7.16.